The maximum Gasteiger partial charge on any atom is 0.242 e. The molecule has 1 unspecified atom stereocenters. The van der Waals surface area contributed by atoms with Crippen LogP contribution in [0.4, 0.5) is 5.69 Å². The molecule has 0 saturated carbocycles. The molecule has 0 aliphatic rings. The van der Waals surface area contributed by atoms with Crippen LogP contribution in [0.15, 0.2) is 24.5 Å². The van der Waals surface area contributed by atoms with Crippen molar-refractivity contribution in [1.29, 1.82) is 0 Å². The largest absolute Gasteiger partial charge is 0.399 e. The zero-order chi connectivity index (χ0) is 13.8. The third kappa shape index (κ3) is 2.85. The summed E-state index contributed by atoms with van der Waals surface area (Å²) >= 11 is 0. The third-order valence-corrected chi connectivity index (χ3v) is 3.00. The van der Waals surface area contributed by atoms with Gasteiger partial charge in [-0.05, 0) is 25.1 Å². The van der Waals surface area contributed by atoms with Gasteiger partial charge in [-0.1, -0.05) is 0 Å². The second-order valence-electron chi connectivity index (χ2n) is 4.36. The zero-order valence-corrected chi connectivity index (χ0v) is 11.1. The molecule has 2 rings (SSSR count). The van der Waals surface area contributed by atoms with E-state index in [2.05, 4.69) is 10.3 Å². The van der Waals surface area contributed by atoms with Crippen molar-refractivity contribution in [3.05, 3.63) is 24.5 Å². The molecule has 6 nitrogen and oxygen atoms in total. The van der Waals surface area contributed by atoms with Crippen molar-refractivity contribution in [3.8, 4) is 0 Å². The van der Waals surface area contributed by atoms with Crippen LogP contribution in [-0.4, -0.2) is 35.7 Å². The highest BCUT2D eigenvalue weighted by Gasteiger charge is 2.16. The molecule has 1 aromatic carbocycles. The van der Waals surface area contributed by atoms with Crippen molar-refractivity contribution in [1.82, 2.24) is 14.9 Å². The van der Waals surface area contributed by atoms with E-state index in [1.54, 1.807) is 25.6 Å². The molecule has 19 heavy (non-hydrogen) atoms. The predicted octanol–water partition coefficient (Wildman–Crippen LogP) is 0.942. The summed E-state index contributed by atoms with van der Waals surface area (Å²) in [6, 6.07) is 5.14. The summed E-state index contributed by atoms with van der Waals surface area (Å²) in [5, 5.41) is 2.81. The van der Waals surface area contributed by atoms with E-state index in [1.807, 2.05) is 17.6 Å². The molecule has 1 heterocycles. The summed E-state index contributed by atoms with van der Waals surface area (Å²) in [6.45, 7) is 2.83. The number of ether oxygens (including phenoxy) is 1. The summed E-state index contributed by atoms with van der Waals surface area (Å²) in [7, 11) is 1.60. The number of nitrogens with zero attached hydrogens (tertiary/aromatic N) is 2. The average Bonchev–Trinajstić information content (AvgIpc) is 2.80. The minimum atomic E-state index is -0.328. The number of nitrogen functional groups attached to an aromatic ring is 1. The number of hydrogen-bond donors (Lipinski definition) is 2. The first-order valence-corrected chi connectivity index (χ1v) is 6.12. The van der Waals surface area contributed by atoms with Crippen molar-refractivity contribution in [2.45, 2.75) is 13.0 Å². The molecule has 3 N–H and O–H groups in total. The van der Waals surface area contributed by atoms with Crippen LogP contribution in [0.3, 0.4) is 0 Å². The Morgan fingerprint density at radius 1 is 1.58 bits per heavy atom. The molecule has 0 bridgehead atoms. The predicted molar refractivity (Wildman–Crippen MR) is 73.7 cm³/mol. The molecule has 1 amide bonds. The lowest BCUT2D eigenvalue weighted by molar-refractivity contribution is -0.123. The highest BCUT2D eigenvalue weighted by molar-refractivity contribution is 5.84. The Labute approximate surface area is 111 Å². The van der Waals surface area contributed by atoms with Crippen molar-refractivity contribution >= 4 is 22.6 Å². The number of imidazole rings is 1. The molecule has 6 heteroatoms. The fourth-order valence-corrected chi connectivity index (χ4v) is 1.91. The molecule has 0 fully saturated rings. The Morgan fingerprint density at radius 2 is 2.37 bits per heavy atom. The molecular weight excluding hydrogens is 244 g/mol. The van der Waals surface area contributed by atoms with Gasteiger partial charge >= 0.3 is 0 Å². The minimum Gasteiger partial charge on any atom is -0.399 e. The Hall–Kier alpha value is -2.08. The number of aromatic nitrogens is 2. The maximum atomic E-state index is 12.0. The number of hydrogen-bond acceptors (Lipinski definition) is 4. The fraction of sp³-hybridized carbons (Fsp3) is 0.385. The number of carbonyl (C=O) groups excluding carboxylic acids is 1. The topological polar surface area (TPSA) is 82.2 Å². The summed E-state index contributed by atoms with van der Waals surface area (Å²) < 4.78 is 6.73. The van der Waals surface area contributed by atoms with Crippen LogP contribution in [0.1, 0.15) is 13.0 Å². The van der Waals surface area contributed by atoms with Crippen LogP contribution in [0.5, 0.6) is 0 Å². The van der Waals surface area contributed by atoms with Gasteiger partial charge < -0.3 is 20.4 Å². The summed E-state index contributed by atoms with van der Waals surface area (Å²) in [6.07, 6.45) is 1.66. The van der Waals surface area contributed by atoms with Gasteiger partial charge in [-0.25, -0.2) is 4.98 Å². The molecule has 0 saturated heterocycles. The van der Waals surface area contributed by atoms with Gasteiger partial charge in [0, 0.05) is 19.3 Å². The molecule has 1 atom stereocenters. The second kappa shape index (κ2) is 5.71. The summed E-state index contributed by atoms with van der Waals surface area (Å²) in [5.74, 6) is -0.0619. The van der Waals surface area contributed by atoms with Crippen molar-refractivity contribution in [3.63, 3.8) is 0 Å². The number of rotatable bonds is 5. The highest BCUT2D eigenvalue weighted by atomic mass is 16.5. The number of fused-ring (bicyclic) bond motifs is 1. The number of methoxy groups -OCH3 is 1. The number of nitrogens with two attached hydrogens (primary N) is 1. The Morgan fingerprint density at radius 3 is 3.11 bits per heavy atom. The van der Waals surface area contributed by atoms with E-state index in [4.69, 9.17) is 10.5 Å². The molecule has 0 aliphatic heterocycles. The van der Waals surface area contributed by atoms with Crippen LogP contribution in [-0.2, 0) is 9.53 Å². The molecule has 1 aromatic heterocycles. The van der Waals surface area contributed by atoms with Crippen LogP contribution < -0.4 is 11.1 Å². The van der Waals surface area contributed by atoms with Gasteiger partial charge in [-0.15, -0.1) is 0 Å². The van der Waals surface area contributed by atoms with E-state index < -0.39 is 0 Å². The van der Waals surface area contributed by atoms with Crippen LogP contribution in [0, 0.1) is 0 Å². The monoisotopic (exact) mass is 262 g/mol. The van der Waals surface area contributed by atoms with Gasteiger partial charge in [0.2, 0.25) is 5.91 Å². The lowest BCUT2D eigenvalue weighted by atomic mass is 10.2. The van der Waals surface area contributed by atoms with E-state index in [9.17, 15) is 4.79 Å². The minimum absolute atomic E-state index is 0.0619. The van der Waals surface area contributed by atoms with Crippen molar-refractivity contribution in [2.75, 3.05) is 26.0 Å². The third-order valence-electron chi connectivity index (χ3n) is 3.00. The van der Waals surface area contributed by atoms with Crippen LogP contribution >= 0.6 is 0 Å². The Bertz CT molecular complexity index is 579. The lowest BCUT2D eigenvalue weighted by Crippen LogP contribution is -2.33. The lowest BCUT2D eigenvalue weighted by Gasteiger charge is -2.14. The standard InChI is InChI=1S/C13H18N4O2/c1-9(13(18)15-5-6-19-2)17-8-16-11-7-10(14)3-4-12(11)17/h3-4,7-9H,5-6,14H2,1-2H3,(H,15,18). The van der Waals surface area contributed by atoms with Gasteiger partial charge in [0.25, 0.3) is 0 Å². The molecular formula is C13H18N4O2. The average molecular weight is 262 g/mol. The number of benzene rings is 1. The molecule has 102 valence electrons. The number of amides is 1. The first-order valence-electron chi connectivity index (χ1n) is 6.12. The smallest absolute Gasteiger partial charge is 0.242 e. The Kier molecular flexibility index (Phi) is 4.01. The van der Waals surface area contributed by atoms with E-state index >= 15 is 0 Å². The van der Waals surface area contributed by atoms with E-state index in [0.29, 0.717) is 18.8 Å². The first kappa shape index (κ1) is 13.4. The normalized spacial score (nSPS) is 12.5. The molecule has 2 aromatic rings. The first-order chi connectivity index (χ1) is 9.13. The zero-order valence-electron chi connectivity index (χ0n) is 11.1. The highest BCUT2D eigenvalue weighted by Crippen LogP contribution is 2.19. The Balaban J connectivity index is 2.17. The van der Waals surface area contributed by atoms with Crippen molar-refractivity contribution < 1.29 is 9.53 Å². The van der Waals surface area contributed by atoms with E-state index in [0.717, 1.165) is 11.0 Å². The summed E-state index contributed by atoms with van der Waals surface area (Å²) in [5.41, 5.74) is 8.05. The molecule has 0 spiro atoms. The van der Waals surface area contributed by atoms with Gasteiger partial charge in [0.05, 0.1) is 24.0 Å². The second-order valence-corrected chi connectivity index (χ2v) is 4.36. The van der Waals surface area contributed by atoms with E-state index in [1.165, 1.54) is 0 Å². The summed E-state index contributed by atoms with van der Waals surface area (Å²) in [4.78, 5) is 16.2. The van der Waals surface area contributed by atoms with Gasteiger partial charge in [0.1, 0.15) is 6.04 Å². The van der Waals surface area contributed by atoms with Crippen LogP contribution in [0.2, 0.25) is 0 Å². The number of carbonyl (C=O) groups is 1. The van der Waals surface area contributed by atoms with Gasteiger partial charge in [-0.2, -0.15) is 0 Å². The number of anilines is 1. The van der Waals surface area contributed by atoms with Gasteiger partial charge in [-0.3, -0.25) is 4.79 Å². The molecule has 0 radical (unpaired) electrons. The van der Waals surface area contributed by atoms with Crippen LogP contribution in [0.25, 0.3) is 11.0 Å². The fourth-order valence-electron chi connectivity index (χ4n) is 1.91. The van der Waals surface area contributed by atoms with Crippen molar-refractivity contribution in [2.24, 2.45) is 0 Å². The molecule has 0 aliphatic carbocycles. The maximum absolute atomic E-state index is 12.0. The van der Waals surface area contributed by atoms with E-state index in [-0.39, 0.29) is 11.9 Å². The quantitative estimate of drug-likeness (QED) is 0.620. The number of nitrogens with one attached hydrogen (secondary N) is 1. The SMILES string of the molecule is COCCNC(=O)C(C)n1cnc2cc(N)ccc21. The van der Waals surface area contributed by atoms with Gasteiger partial charge in [0.15, 0.2) is 0 Å².